The van der Waals surface area contributed by atoms with Gasteiger partial charge in [-0.2, -0.15) is 0 Å². The van der Waals surface area contributed by atoms with E-state index in [1.807, 2.05) is 48.0 Å². The predicted molar refractivity (Wildman–Crippen MR) is 104 cm³/mol. The van der Waals surface area contributed by atoms with E-state index in [9.17, 15) is 4.79 Å². The molecular weight excluding hydrogens is 340 g/mol. The maximum Gasteiger partial charge on any atom is 0.227 e. The zero-order valence-electron chi connectivity index (χ0n) is 15.2. The van der Waals surface area contributed by atoms with Gasteiger partial charge < -0.3 is 10.2 Å². The largest absolute Gasteiger partial charge is 0.356 e. The molecule has 0 bridgehead atoms. The average molecular weight is 362 g/mol. The second-order valence-corrected chi connectivity index (χ2v) is 6.82. The highest BCUT2D eigenvalue weighted by atomic mass is 16.1. The van der Waals surface area contributed by atoms with E-state index in [1.165, 1.54) is 0 Å². The molecule has 2 aromatic heterocycles. The van der Waals surface area contributed by atoms with E-state index in [1.54, 1.807) is 18.9 Å². The molecule has 3 heterocycles. The van der Waals surface area contributed by atoms with Gasteiger partial charge in [-0.25, -0.2) is 15.0 Å². The number of carbonyl (C=O) groups excluding carboxylic acids is 1. The number of aromatic nitrogens is 4. The third-order valence-corrected chi connectivity index (χ3v) is 4.88. The van der Waals surface area contributed by atoms with Gasteiger partial charge in [-0.05, 0) is 37.5 Å². The number of rotatable bonds is 4. The summed E-state index contributed by atoms with van der Waals surface area (Å²) < 4.78 is 1.85. The van der Waals surface area contributed by atoms with Crippen LogP contribution in [0.2, 0.25) is 0 Å². The highest BCUT2D eigenvalue weighted by molar-refractivity contribution is 5.92. The first kappa shape index (κ1) is 17.2. The zero-order valence-corrected chi connectivity index (χ0v) is 15.2. The van der Waals surface area contributed by atoms with Gasteiger partial charge in [0.05, 0.1) is 0 Å². The third-order valence-electron chi connectivity index (χ3n) is 4.88. The summed E-state index contributed by atoms with van der Waals surface area (Å²) in [4.78, 5) is 27.5. The van der Waals surface area contributed by atoms with Gasteiger partial charge in [-0.15, -0.1) is 0 Å². The quantitative estimate of drug-likeness (QED) is 0.772. The summed E-state index contributed by atoms with van der Waals surface area (Å²) in [5, 5.41) is 3.04. The van der Waals surface area contributed by atoms with Crippen LogP contribution in [-0.2, 0) is 4.79 Å². The van der Waals surface area contributed by atoms with Crippen molar-refractivity contribution in [3.05, 3.63) is 60.9 Å². The van der Waals surface area contributed by atoms with Gasteiger partial charge in [0.2, 0.25) is 5.91 Å². The van der Waals surface area contributed by atoms with Crippen LogP contribution in [0.5, 0.6) is 0 Å². The lowest BCUT2D eigenvalue weighted by Gasteiger charge is -2.32. The normalized spacial score (nSPS) is 14.9. The van der Waals surface area contributed by atoms with Crippen molar-refractivity contribution in [3.8, 4) is 5.82 Å². The molecule has 4 rings (SSSR count). The van der Waals surface area contributed by atoms with Crippen molar-refractivity contribution in [2.24, 2.45) is 5.92 Å². The zero-order chi connectivity index (χ0) is 18.6. The van der Waals surface area contributed by atoms with Crippen LogP contribution in [0.4, 0.5) is 11.5 Å². The van der Waals surface area contributed by atoms with Gasteiger partial charge in [-0.3, -0.25) is 9.36 Å². The molecule has 7 nitrogen and oxygen atoms in total. The fraction of sp³-hybridized carbons (Fsp3) is 0.300. The number of imidazole rings is 1. The summed E-state index contributed by atoms with van der Waals surface area (Å²) in [6, 6.07) is 9.85. The number of hydrogen-bond acceptors (Lipinski definition) is 5. The Morgan fingerprint density at radius 3 is 2.70 bits per heavy atom. The van der Waals surface area contributed by atoms with Crippen LogP contribution >= 0.6 is 0 Å². The molecule has 1 aromatic carbocycles. The van der Waals surface area contributed by atoms with Crippen LogP contribution in [-0.4, -0.2) is 38.5 Å². The van der Waals surface area contributed by atoms with Crippen LogP contribution in [0.3, 0.4) is 0 Å². The fourth-order valence-corrected chi connectivity index (χ4v) is 3.38. The van der Waals surface area contributed by atoms with Crippen molar-refractivity contribution in [1.82, 2.24) is 19.5 Å². The number of amides is 1. The molecule has 138 valence electrons. The van der Waals surface area contributed by atoms with E-state index < -0.39 is 0 Å². The molecule has 0 aliphatic carbocycles. The molecule has 1 saturated heterocycles. The summed E-state index contributed by atoms with van der Waals surface area (Å²) in [6.07, 6.45) is 8.48. The summed E-state index contributed by atoms with van der Waals surface area (Å²) in [6.45, 7) is 3.62. The Labute approximate surface area is 158 Å². The number of carbonyl (C=O) groups is 1. The second kappa shape index (κ2) is 7.57. The first-order chi connectivity index (χ1) is 13.2. The van der Waals surface area contributed by atoms with Crippen molar-refractivity contribution >= 4 is 17.4 Å². The highest BCUT2D eigenvalue weighted by Gasteiger charge is 2.26. The number of piperidine rings is 1. The van der Waals surface area contributed by atoms with Crippen LogP contribution < -0.4 is 10.2 Å². The van der Waals surface area contributed by atoms with Gasteiger partial charge >= 0.3 is 0 Å². The van der Waals surface area contributed by atoms with Crippen LogP contribution in [0.25, 0.3) is 5.82 Å². The first-order valence-electron chi connectivity index (χ1n) is 9.12. The van der Waals surface area contributed by atoms with Crippen molar-refractivity contribution in [2.75, 3.05) is 23.3 Å². The van der Waals surface area contributed by atoms with Crippen molar-refractivity contribution in [3.63, 3.8) is 0 Å². The standard InChI is InChI=1S/C20H22N6O/c1-15-3-2-4-17(11-15)24-20(27)16-5-8-25(9-6-16)18-12-19(23-13-22-18)26-10-7-21-14-26/h2-4,7,10-14,16H,5-6,8-9H2,1H3,(H,24,27). The van der Waals surface area contributed by atoms with Crippen LogP contribution in [0.1, 0.15) is 18.4 Å². The average Bonchev–Trinajstić information content (AvgIpc) is 3.23. The Morgan fingerprint density at radius 2 is 1.96 bits per heavy atom. The molecule has 1 N–H and O–H groups in total. The molecule has 1 aliphatic heterocycles. The summed E-state index contributed by atoms with van der Waals surface area (Å²) in [5.74, 6) is 1.79. The minimum Gasteiger partial charge on any atom is -0.356 e. The molecule has 1 aliphatic rings. The van der Waals surface area contributed by atoms with Gasteiger partial charge in [0.1, 0.15) is 24.3 Å². The predicted octanol–water partition coefficient (Wildman–Crippen LogP) is 2.83. The SMILES string of the molecule is Cc1cccc(NC(=O)C2CCN(c3cc(-n4ccnc4)ncn3)CC2)c1. The maximum atomic E-state index is 12.6. The molecule has 0 unspecified atom stereocenters. The molecule has 1 fully saturated rings. The lowest BCUT2D eigenvalue weighted by Crippen LogP contribution is -2.38. The van der Waals surface area contributed by atoms with Gasteiger partial charge in [0, 0.05) is 43.2 Å². The Kier molecular flexibility index (Phi) is 4.82. The Balaban J connectivity index is 1.37. The number of nitrogens with zero attached hydrogens (tertiary/aromatic N) is 5. The number of hydrogen-bond donors (Lipinski definition) is 1. The number of anilines is 2. The molecule has 7 heteroatoms. The van der Waals surface area contributed by atoms with E-state index >= 15 is 0 Å². The van der Waals surface area contributed by atoms with Gasteiger partial charge in [0.15, 0.2) is 0 Å². The molecule has 3 aromatic rings. The topological polar surface area (TPSA) is 75.9 Å². The third kappa shape index (κ3) is 3.97. The molecule has 0 saturated carbocycles. The maximum absolute atomic E-state index is 12.6. The van der Waals surface area contributed by atoms with E-state index in [2.05, 4.69) is 25.2 Å². The second-order valence-electron chi connectivity index (χ2n) is 6.82. The van der Waals surface area contributed by atoms with Gasteiger partial charge in [-0.1, -0.05) is 12.1 Å². The van der Waals surface area contributed by atoms with Crippen LogP contribution in [0, 0.1) is 12.8 Å². The number of nitrogens with one attached hydrogen (secondary N) is 1. The summed E-state index contributed by atoms with van der Waals surface area (Å²) in [7, 11) is 0. The molecule has 27 heavy (non-hydrogen) atoms. The molecule has 0 spiro atoms. The smallest absolute Gasteiger partial charge is 0.227 e. The Morgan fingerprint density at radius 1 is 1.15 bits per heavy atom. The van der Waals surface area contributed by atoms with Crippen LogP contribution in [0.15, 0.2) is 55.4 Å². The van der Waals surface area contributed by atoms with E-state index in [0.29, 0.717) is 0 Å². The molecular formula is C20H22N6O. The molecule has 1 amide bonds. The molecule has 0 radical (unpaired) electrons. The summed E-state index contributed by atoms with van der Waals surface area (Å²) >= 11 is 0. The van der Waals surface area contributed by atoms with Crippen molar-refractivity contribution in [2.45, 2.75) is 19.8 Å². The first-order valence-corrected chi connectivity index (χ1v) is 9.12. The number of benzene rings is 1. The highest BCUT2D eigenvalue weighted by Crippen LogP contribution is 2.24. The Bertz CT molecular complexity index is 916. The molecule has 0 atom stereocenters. The van der Waals surface area contributed by atoms with Gasteiger partial charge in [0.25, 0.3) is 0 Å². The van der Waals surface area contributed by atoms with E-state index in [4.69, 9.17) is 0 Å². The minimum absolute atomic E-state index is 0.0247. The minimum atomic E-state index is 0.0247. The van der Waals surface area contributed by atoms with E-state index in [0.717, 1.165) is 48.8 Å². The monoisotopic (exact) mass is 362 g/mol. The Hall–Kier alpha value is -3.22. The lowest BCUT2D eigenvalue weighted by atomic mass is 9.95. The lowest BCUT2D eigenvalue weighted by molar-refractivity contribution is -0.120. The van der Waals surface area contributed by atoms with E-state index in [-0.39, 0.29) is 11.8 Å². The fourth-order valence-electron chi connectivity index (χ4n) is 3.38. The number of aryl methyl sites for hydroxylation is 1. The summed E-state index contributed by atoms with van der Waals surface area (Å²) in [5.41, 5.74) is 2.00. The van der Waals surface area contributed by atoms with Crippen molar-refractivity contribution in [1.29, 1.82) is 0 Å². The van der Waals surface area contributed by atoms with Crippen molar-refractivity contribution < 1.29 is 4.79 Å².